The molecule has 1 N–H and O–H groups in total. The van der Waals surface area contributed by atoms with E-state index in [-0.39, 0.29) is 23.8 Å². The van der Waals surface area contributed by atoms with Gasteiger partial charge in [0.25, 0.3) is 5.69 Å². The van der Waals surface area contributed by atoms with Crippen LogP contribution in [0.1, 0.15) is 19.4 Å². The maximum absolute atomic E-state index is 11.4. The molecule has 2 aromatic carbocycles. The minimum absolute atomic E-state index is 0.163. The van der Waals surface area contributed by atoms with Gasteiger partial charge in [0.05, 0.1) is 17.1 Å². The number of amides is 1. The van der Waals surface area contributed by atoms with Gasteiger partial charge in [-0.1, -0.05) is 0 Å². The lowest BCUT2D eigenvalue weighted by molar-refractivity contribution is -0.385. The van der Waals surface area contributed by atoms with E-state index in [0.717, 1.165) is 6.08 Å². The molecule has 2 rings (SSSR count). The van der Waals surface area contributed by atoms with Crippen molar-refractivity contribution < 1.29 is 24.0 Å². The van der Waals surface area contributed by atoms with Crippen molar-refractivity contribution in [3.63, 3.8) is 0 Å². The molecule has 1 amide bonds. The van der Waals surface area contributed by atoms with Crippen LogP contribution in [0.2, 0.25) is 0 Å². The first-order valence-corrected chi connectivity index (χ1v) is 8.08. The van der Waals surface area contributed by atoms with Gasteiger partial charge in [0.15, 0.2) is 0 Å². The lowest BCUT2D eigenvalue weighted by Crippen LogP contribution is -2.05. The predicted octanol–water partition coefficient (Wildman–Crippen LogP) is 3.92. The molecule has 0 saturated carbocycles. The summed E-state index contributed by atoms with van der Waals surface area (Å²) < 4.78 is 10.5. The summed E-state index contributed by atoms with van der Waals surface area (Å²) in [5, 5.41) is 13.8. The number of hydrogen-bond acceptors (Lipinski definition) is 6. The molecule has 8 nitrogen and oxygen atoms in total. The number of nitrogens with one attached hydrogen (secondary N) is 1. The lowest BCUT2D eigenvalue weighted by Gasteiger charge is -2.08. The topological polar surface area (TPSA) is 108 Å². The van der Waals surface area contributed by atoms with Crippen molar-refractivity contribution in [2.45, 2.75) is 13.8 Å². The van der Waals surface area contributed by atoms with E-state index in [0.29, 0.717) is 17.2 Å². The van der Waals surface area contributed by atoms with Crippen molar-refractivity contribution in [2.24, 2.45) is 0 Å². The molecule has 2 aromatic rings. The molecule has 0 heterocycles. The number of rotatable bonds is 7. The largest absolute Gasteiger partial charge is 0.463 e. The molecule has 0 bridgehead atoms. The van der Waals surface area contributed by atoms with E-state index in [1.807, 2.05) is 0 Å². The highest BCUT2D eigenvalue weighted by molar-refractivity contribution is 5.89. The Bertz CT molecular complexity index is 874. The van der Waals surface area contributed by atoms with Crippen LogP contribution in [0.15, 0.2) is 48.5 Å². The van der Waals surface area contributed by atoms with E-state index >= 15 is 0 Å². The van der Waals surface area contributed by atoms with Crippen LogP contribution in [0.25, 0.3) is 6.08 Å². The van der Waals surface area contributed by atoms with Crippen molar-refractivity contribution in [1.29, 1.82) is 0 Å². The molecule has 27 heavy (non-hydrogen) atoms. The first-order chi connectivity index (χ1) is 12.9. The first kappa shape index (κ1) is 19.6. The standard InChI is InChI=1S/C19H18N2O6/c1-3-26-19(23)11-4-14-12-17(9-10-18(14)21(24)25)27-16-7-5-15(6-8-16)20-13(2)22/h4-12H,3H2,1-2H3,(H,20,22)/b11-4+. The van der Waals surface area contributed by atoms with Gasteiger partial charge in [-0.2, -0.15) is 0 Å². The minimum atomic E-state index is -0.591. The summed E-state index contributed by atoms with van der Waals surface area (Å²) in [5.74, 6) is 0.0680. The van der Waals surface area contributed by atoms with Gasteiger partial charge in [-0.15, -0.1) is 0 Å². The summed E-state index contributed by atoms with van der Waals surface area (Å²) in [4.78, 5) is 33.1. The van der Waals surface area contributed by atoms with Gasteiger partial charge in [-0.25, -0.2) is 4.79 Å². The van der Waals surface area contributed by atoms with Gasteiger partial charge < -0.3 is 14.8 Å². The molecule has 0 radical (unpaired) electrons. The number of esters is 1. The Hall–Kier alpha value is -3.68. The van der Waals surface area contributed by atoms with Crippen molar-refractivity contribution in [1.82, 2.24) is 0 Å². The third-order valence-electron chi connectivity index (χ3n) is 3.29. The zero-order valence-corrected chi connectivity index (χ0v) is 14.8. The highest BCUT2D eigenvalue weighted by atomic mass is 16.6. The van der Waals surface area contributed by atoms with Crippen LogP contribution in [0.5, 0.6) is 11.5 Å². The average Bonchev–Trinajstić information content (AvgIpc) is 2.61. The van der Waals surface area contributed by atoms with E-state index in [1.165, 1.54) is 31.2 Å². The number of nitrogens with zero attached hydrogens (tertiary/aromatic N) is 1. The van der Waals surface area contributed by atoms with Crippen LogP contribution in [-0.4, -0.2) is 23.4 Å². The number of hydrogen-bond donors (Lipinski definition) is 1. The summed E-state index contributed by atoms with van der Waals surface area (Å²) in [6.45, 7) is 3.29. The number of ether oxygens (including phenoxy) is 2. The summed E-state index contributed by atoms with van der Waals surface area (Å²) >= 11 is 0. The molecule has 0 fully saturated rings. The van der Waals surface area contributed by atoms with Gasteiger partial charge in [-0.05, 0) is 49.4 Å². The second-order valence-electron chi connectivity index (χ2n) is 5.37. The predicted molar refractivity (Wildman–Crippen MR) is 99.6 cm³/mol. The minimum Gasteiger partial charge on any atom is -0.463 e. The highest BCUT2D eigenvalue weighted by Crippen LogP contribution is 2.29. The third kappa shape index (κ3) is 5.96. The fourth-order valence-corrected chi connectivity index (χ4v) is 2.19. The molecule has 0 atom stereocenters. The molecule has 8 heteroatoms. The Labute approximate surface area is 155 Å². The Morgan fingerprint density at radius 3 is 2.41 bits per heavy atom. The molecule has 0 aliphatic heterocycles. The second-order valence-corrected chi connectivity index (χ2v) is 5.37. The summed E-state index contributed by atoms with van der Waals surface area (Å²) in [6, 6.07) is 10.9. The highest BCUT2D eigenvalue weighted by Gasteiger charge is 2.13. The SMILES string of the molecule is CCOC(=O)/C=C/c1cc(Oc2ccc(NC(C)=O)cc2)ccc1[N+](=O)[O-]. The monoisotopic (exact) mass is 370 g/mol. The summed E-state index contributed by atoms with van der Waals surface area (Å²) in [6.07, 6.45) is 2.43. The van der Waals surface area contributed by atoms with Crippen molar-refractivity contribution in [3.8, 4) is 11.5 Å². The van der Waals surface area contributed by atoms with Gasteiger partial charge in [-0.3, -0.25) is 14.9 Å². The Morgan fingerprint density at radius 2 is 1.81 bits per heavy atom. The molecule has 140 valence electrons. The Kier molecular flexibility index (Phi) is 6.65. The van der Waals surface area contributed by atoms with Crippen LogP contribution in [0, 0.1) is 10.1 Å². The Morgan fingerprint density at radius 1 is 1.15 bits per heavy atom. The molecule has 0 unspecified atom stereocenters. The zero-order valence-electron chi connectivity index (χ0n) is 14.8. The van der Waals surface area contributed by atoms with Crippen molar-refractivity contribution in [3.05, 3.63) is 64.2 Å². The van der Waals surface area contributed by atoms with E-state index in [4.69, 9.17) is 9.47 Å². The quantitative estimate of drug-likeness (QED) is 0.342. The van der Waals surface area contributed by atoms with Crippen molar-refractivity contribution in [2.75, 3.05) is 11.9 Å². The normalized spacial score (nSPS) is 10.4. The van der Waals surface area contributed by atoms with Crippen LogP contribution >= 0.6 is 0 Å². The van der Waals surface area contributed by atoms with E-state index in [9.17, 15) is 19.7 Å². The van der Waals surface area contributed by atoms with Crippen LogP contribution in [-0.2, 0) is 14.3 Å². The van der Waals surface area contributed by atoms with Crippen molar-refractivity contribution >= 4 is 29.3 Å². The third-order valence-corrected chi connectivity index (χ3v) is 3.29. The number of anilines is 1. The smallest absolute Gasteiger partial charge is 0.330 e. The van der Waals surface area contributed by atoms with E-state index in [1.54, 1.807) is 31.2 Å². The number of nitro groups is 1. The molecule has 0 spiro atoms. The molecular weight excluding hydrogens is 352 g/mol. The number of carbonyl (C=O) groups excluding carboxylic acids is 2. The van der Waals surface area contributed by atoms with E-state index in [2.05, 4.69) is 5.32 Å². The summed E-state index contributed by atoms with van der Waals surface area (Å²) in [5.41, 5.74) is 0.668. The van der Waals surface area contributed by atoms with Crippen LogP contribution in [0.4, 0.5) is 11.4 Å². The Balaban J connectivity index is 2.22. The van der Waals surface area contributed by atoms with Crippen LogP contribution < -0.4 is 10.1 Å². The molecule has 0 saturated heterocycles. The molecular formula is C19H18N2O6. The van der Waals surface area contributed by atoms with E-state index < -0.39 is 10.9 Å². The number of benzene rings is 2. The van der Waals surface area contributed by atoms with Crippen LogP contribution in [0.3, 0.4) is 0 Å². The van der Waals surface area contributed by atoms with Gasteiger partial charge >= 0.3 is 5.97 Å². The summed E-state index contributed by atoms with van der Waals surface area (Å²) in [7, 11) is 0. The molecule has 0 aliphatic rings. The zero-order chi connectivity index (χ0) is 19.8. The second kappa shape index (κ2) is 9.14. The maximum Gasteiger partial charge on any atom is 0.330 e. The average molecular weight is 370 g/mol. The van der Waals surface area contributed by atoms with Gasteiger partial charge in [0.1, 0.15) is 11.5 Å². The lowest BCUT2D eigenvalue weighted by atomic mass is 10.1. The molecule has 0 aliphatic carbocycles. The van der Waals surface area contributed by atoms with Gasteiger partial charge in [0, 0.05) is 24.8 Å². The first-order valence-electron chi connectivity index (χ1n) is 8.08. The fraction of sp³-hybridized carbons (Fsp3) is 0.158. The fourth-order valence-electron chi connectivity index (χ4n) is 2.19. The van der Waals surface area contributed by atoms with Gasteiger partial charge in [0.2, 0.25) is 5.91 Å². The number of carbonyl (C=O) groups is 2. The molecule has 0 aromatic heterocycles. The maximum atomic E-state index is 11.4. The number of nitro benzene ring substituents is 1.